The summed E-state index contributed by atoms with van der Waals surface area (Å²) >= 11 is 6.04. The Morgan fingerprint density at radius 2 is 1.83 bits per heavy atom. The van der Waals surface area contributed by atoms with E-state index in [2.05, 4.69) is 5.32 Å². The van der Waals surface area contributed by atoms with Crippen molar-refractivity contribution in [3.05, 3.63) is 64.4 Å². The highest BCUT2D eigenvalue weighted by Gasteiger charge is 2.19. The van der Waals surface area contributed by atoms with E-state index in [1.54, 1.807) is 18.2 Å². The van der Waals surface area contributed by atoms with Crippen LogP contribution in [-0.4, -0.2) is 29.8 Å². The van der Waals surface area contributed by atoms with Gasteiger partial charge in [0, 0.05) is 41.2 Å². The van der Waals surface area contributed by atoms with Crippen LogP contribution in [0.15, 0.2) is 46.9 Å². The van der Waals surface area contributed by atoms with Gasteiger partial charge in [-0.3, -0.25) is 9.59 Å². The van der Waals surface area contributed by atoms with Gasteiger partial charge in [0.15, 0.2) is 5.76 Å². The van der Waals surface area contributed by atoms with E-state index in [1.165, 1.54) is 0 Å². The lowest BCUT2D eigenvalue weighted by atomic mass is 10.1. The zero-order chi connectivity index (χ0) is 20.4. The number of hydrogen-bond donors (Lipinski definition) is 1. The van der Waals surface area contributed by atoms with Crippen LogP contribution in [0, 0.1) is 6.92 Å². The van der Waals surface area contributed by atoms with Gasteiger partial charge >= 0.3 is 0 Å². The van der Waals surface area contributed by atoms with Crippen LogP contribution in [0.2, 0.25) is 5.02 Å². The van der Waals surface area contributed by atoms with Gasteiger partial charge in [-0.1, -0.05) is 23.7 Å². The van der Waals surface area contributed by atoms with Gasteiger partial charge in [0.1, 0.15) is 5.58 Å². The van der Waals surface area contributed by atoms with Crippen molar-refractivity contribution < 1.29 is 14.0 Å². The van der Waals surface area contributed by atoms with E-state index in [1.807, 2.05) is 36.1 Å². The smallest absolute Gasteiger partial charge is 0.291 e. The molecule has 1 aliphatic heterocycles. The SMILES string of the molecule is Cc1c(C(=O)Nc2ccc(CCC(=O)N3CCCC3)cc2)oc2ccc(Cl)cc12. The number of furan rings is 1. The summed E-state index contributed by atoms with van der Waals surface area (Å²) in [6.45, 7) is 3.62. The highest BCUT2D eigenvalue weighted by molar-refractivity contribution is 6.31. The van der Waals surface area contributed by atoms with Crippen molar-refractivity contribution in [3.8, 4) is 0 Å². The van der Waals surface area contributed by atoms with Gasteiger partial charge < -0.3 is 14.6 Å². The third kappa shape index (κ3) is 4.30. The van der Waals surface area contributed by atoms with Gasteiger partial charge in [0.2, 0.25) is 5.91 Å². The molecule has 0 radical (unpaired) electrons. The van der Waals surface area contributed by atoms with Gasteiger partial charge in [-0.15, -0.1) is 0 Å². The molecule has 5 nitrogen and oxygen atoms in total. The predicted molar refractivity (Wildman–Crippen MR) is 114 cm³/mol. The summed E-state index contributed by atoms with van der Waals surface area (Å²) in [4.78, 5) is 26.8. The van der Waals surface area contributed by atoms with Crippen molar-refractivity contribution in [2.45, 2.75) is 32.6 Å². The van der Waals surface area contributed by atoms with Crippen LogP contribution in [0.5, 0.6) is 0 Å². The minimum absolute atomic E-state index is 0.223. The maximum Gasteiger partial charge on any atom is 0.291 e. The van der Waals surface area contributed by atoms with E-state index < -0.39 is 0 Å². The van der Waals surface area contributed by atoms with E-state index in [0.29, 0.717) is 29.1 Å². The molecule has 29 heavy (non-hydrogen) atoms. The van der Waals surface area contributed by atoms with Crippen LogP contribution in [0.3, 0.4) is 0 Å². The molecule has 4 rings (SSSR count). The Labute approximate surface area is 174 Å². The largest absolute Gasteiger partial charge is 0.451 e. The molecule has 1 aromatic heterocycles. The summed E-state index contributed by atoms with van der Waals surface area (Å²) in [5, 5.41) is 4.31. The second kappa shape index (κ2) is 8.29. The highest BCUT2D eigenvalue weighted by Crippen LogP contribution is 2.28. The van der Waals surface area contributed by atoms with Crippen LogP contribution in [0.1, 0.15) is 40.9 Å². The van der Waals surface area contributed by atoms with Crippen molar-refractivity contribution in [1.82, 2.24) is 4.90 Å². The molecule has 150 valence electrons. The lowest BCUT2D eigenvalue weighted by Gasteiger charge is -2.15. The summed E-state index contributed by atoms with van der Waals surface area (Å²) in [6, 6.07) is 12.9. The van der Waals surface area contributed by atoms with E-state index in [0.717, 1.165) is 42.4 Å². The third-order valence-corrected chi connectivity index (χ3v) is 5.64. The van der Waals surface area contributed by atoms with Crippen LogP contribution in [-0.2, 0) is 11.2 Å². The van der Waals surface area contributed by atoms with E-state index in [9.17, 15) is 9.59 Å². The molecule has 2 amide bonds. The van der Waals surface area contributed by atoms with Gasteiger partial charge in [-0.05, 0) is 62.1 Å². The molecular weight excluding hydrogens is 388 g/mol. The van der Waals surface area contributed by atoms with Crippen LogP contribution < -0.4 is 5.32 Å². The second-order valence-electron chi connectivity index (χ2n) is 7.44. The highest BCUT2D eigenvalue weighted by atomic mass is 35.5. The maximum atomic E-state index is 12.6. The Morgan fingerprint density at radius 1 is 1.10 bits per heavy atom. The Kier molecular flexibility index (Phi) is 5.58. The first-order chi connectivity index (χ1) is 14.0. The number of aryl methyl sites for hydroxylation is 2. The van der Waals surface area contributed by atoms with Gasteiger partial charge in [0.25, 0.3) is 5.91 Å². The fourth-order valence-electron chi connectivity index (χ4n) is 3.73. The monoisotopic (exact) mass is 410 g/mol. The number of anilines is 1. The van der Waals surface area contributed by atoms with Crippen molar-refractivity contribution in [3.63, 3.8) is 0 Å². The molecule has 0 bridgehead atoms. The molecule has 0 atom stereocenters. The van der Waals surface area contributed by atoms with E-state index in [-0.39, 0.29) is 17.6 Å². The number of carbonyl (C=O) groups excluding carboxylic acids is 2. The first-order valence-electron chi connectivity index (χ1n) is 9.88. The molecule has 1 aliphatic rings. The summed E-state index contributed by atoms with van der Waals surface area (Å²) in [5.41, 5.74) is 3.15. The Bertz CT molecular complexity index is 1050. The number of nitrogens with zero attached hydrogens (tertiary/aromatic N) is 1. The van der Waals surface area contributed by atoms with Crippen molar-refractivity contribution in [1.29, 1.82) is 0 Å². The molecule has 2 aromatic carbocycles. The Balaban J connectivity index is 1.39. The third-order valence-electron chi connectivity index (χ3n) is 5.40. The molecule has 3 aromatic rings. The molecular formula is C23H23ClN2O3. The molecule has 1 N–H and O–H groups in total. The van der Waals surface area contributed by atoms with E-state index in [4.69, 9.17) is 16.0 Å². The Hall–Kier alpha value is -2.79. The minimum Gasteiger partial charge on any atom is -0.451 e. The summed E-state index contributed by atoms with van der Waals surface area (Å²) < 4.78 is 5.71. The molecule has 1 saturated heterocycles. The summed E-state index contributed by atoms with van der Waals surface area (Å²) in [5.74, 6) is 0.203. The molecule has 0 saturated carbocycles. The van der Waals surface area contributed by atoms with Crippen LogP contribution in [0.25, 0.3) is 11.0 Å². The van der Waals surface area contributed by atoms with Gasteiger partial charge in [-0.2, -0.15) is 0 Å². The fraction of sp³-hybridized carbons (Fsp3) is 0.304. The number of rotatable bonds is 5. The Morgan fingerprint density at radius 3 is 2.55 bits per heavy atom. The number of likely N-dealkylation sites (tertiary alicyclic amines) is 1. The van der Waals surface area contributed by atoms with E-state index >= 15 is 0 Å². The van der Waals surface area contributed by atoms with Crippen LogP contribution in [0.4, 0.5) is 5.69 Å². The lowest BCUT2D eigenvalue weighted by molar-refractivity contribution is -0.130. The first kappa shape index (κ1) is 19.5. The molecule has 2 heterocycles. The zero-order valence-electron chi connectivity index (χ0n) is 16.3. The molecule has 0 spiro atoms. The van der Waals surface area contributed by atoms with Crippen LogP contribution >= 0.6 is 11.6 Å². The minimum atomic E-state index is -0.299. The number of hydrogen-bond acceptors (Lipinski definition) is 3. The zero-order valence-corrected chi connectivity index (χ0v) is 17.1. The average molecular weight is 411 g/mol. The number of carbonyl (C=O) groups is 2. The summed E-state index contributed by atoms with van der Waals surface area (Å²) in [7, 11) is 0. The second-order valence-corrected chi connectivity index (χ2v) is 7.87. The lowest BCUT2D eigenvalue weighted by Crippen LogP contribution is -2.27. The number of halogens is 1. The standard InChI is InChI=1S/C23H23ClN2O3/c1-15-19-14-17(24)7-10-20(19)29-22(15)23(28)25-18-8-4-16(5-9-18)6-11-21(27)26-12-2-3-13-26/h4-5,7-10,14H,2-3,6,11-13H2,1H3,(H,25,28). The average Bonchev–Trinajstić information content (AvgIpc) is 3.36. The molecule has 0 aliphatic carbocycles. The normalized spacial score (nSPS) is 13.8. The number of nitrogens with one attached hydrogen (secondary N) is 1. The molecule has 1 fully saturated rings. The van der Waals surface area contributed by atoms with Gasteiger partial charge in [-0.25, -0.2) is 0 Å². The number of benzene rings is 2. The number of fused-ring (bicyclic) bond motifs is 1. The molecule has 0 unspecified atom stereocenters. The summed E-state index contributed by atoms with van der Waals surface area (Å²) in [6.07, 6.45) is 3.44. The van der Waals surface area contributed by atoms with Crippen molar-refractivity contribution >= 4 is 40.1 Å². The van der Waals surface area contributed by atoms with Gasteiger partial charge in [0.05, 0.1) is 0 Å². The molecule has 6 heteroatoms. The van der Waals surface area contributed by atoms with Crippen molar-refractivity contribution in [2.24, 2.45) is 0 Å². The maximum absolute atomic E-state index is 12.6. The first-order valence-corrected chi connectivity index (χ1v) is 10.3. The predicted octanol–water partition coefficient (Wildman–Crippen LogP) is 5.20. The number of amides is 2. The quantitative estimate of drug-likeness (QED) is 0.628. The topological polar surface area (TPSA) is 62.6 Å². The fourth-order valence-corrected chi connectivity index (χ4v) is 3.90. The van der Waals surface area contributed by atoms with Crippen molar-refractivity contribution in [2.75, 3.05) is 18.4 Å².